The number of hydrogen-bond donors (Lipinski definition) is 2. The van der Waals surface area contributed by atoms with Crippen LogP contribution in [0, 0.1) is 0 Å². The van der Waals surface area contributed by atoms with Crippen LogP contribution in [0.1, 0.15) is 26.7 Å². The number of hydrogen-bond acceptors (Lipinski definition) is 6. The first kappa shape index (κ1) is 24.8. The SMILES string of the molecule is CC1CN(C(=O)C(=O)Nc2cnc(N)c3cnn(PI)c23)CCN1C1(C)CC1.c1ccccc1. The minimum absolute atomic E-state index is 0.240. The number of nitrogens with one attached hydrogen (secondary N) is 1. The molecule has 180 valence electrons. The number of anilines is 2. The van der Waals surface area contributed by atoms with Crippen LogP contribution in [-0.2, 0) is 9.59 Å². The number of rotatable bonds is 3. The fourth-order valence-corrected chi connectivity index (χ4v) is 5.86. The molecule has 1 aliphatic carbocycles. The van der Waals surface area contributed by atoms with Gasteiger partial charge in [0.15, 0.2) is 0 Å². The fraction of sp³-hybridized carbons (Fsp3) is 0.391. The molecule has 1 saturated heterocycles. The van der Waals surface area contributed by atoms with E-state index in [0.29, 0.717) is 41.9 Å². The Balaban J connectivity index is 0.000000398. The molecule has 2 atom stereocenters. The summed E-state index contributed by atoms with van der Waals surface area (Å²) in [7, 11) is 0. The van der Waals surface area contributed by atoms with Crippen LogP contribution in [0.5, 0.6) is 0 Å². The Kier molecular flexibility index (Phi) is 7.69. The largest absolute Gasteiger partial charge is 0.383 e. The Morgan fingerprint density at radius 3 is 2.35 bits per heavy atom. The van der Waals surface area contributed by atoms with Crippen LogP contribution in [0.25, 0.3) is 10.9 Å². The van der Waals surface area contributed by atoms with Gasteiger partial charge in [-0.2, -0.15) is 5.10 Å². The van der Waals surface area contributed by atoms with Crippen molar-refractivity contribution in [3.8, 4) is 0 Å². The van der Waals surface area contributed by atoms with E-state index in [1.54, 1.807) is 15.5 Å². The Morgan fingerprint density at radius 2 is 1.79 bits per heavy atom. The number of carbonyl (C=O) groups excluding carboxylic acids is 2. The summed E-state index contributed by atoms with van der Waals surface area (Å²) in [5, 5.41) is 7.65. The molecule has 0 spiro atoms. The summed E-state index contributed by atoms with van der Waals surface area (Å²) in [6.07, 6.45) is 5.85. The van der Waals surface area contributed by atoms with Gasteiger partial charge in [-0.1, -0.05) is 36.4 Å². The summed E-state index contributed by atoms with van der Waals surface area (Å²) in [6.45, 7) is 6.31. The summed E-state index contributed by atoms with van der Waals surface area (Å²) >= 11 is 2.20. The standard InChI is InChI=1S/C17H23IN7O2P.C6H6/c1-10-9-23(5-6-24(10)17(2)3-4-17)16(27)15(26)22-12-8-20-14(19)11-7-21-25(28-18)13(11)12;1-2-4-6-5-3-1/h7-8,10,28H,3-6,9H2,1-2H3,(H2,19,20)(H,22,26);1-6H. The second kappa shape index (κ2) is 10.5. The van der Waals surface area contributed by atoms with Gasteiger partial charge in [-0.05, 0) is 48.7 Å². The number of pyridine rings is 1. The van der Waals surface area contributed by atoms with Crippen molar-refractivity contribution in [1.29, 1.82) is 0 Å². The number of carbonyl (C=O) groups is 2. The van der Waals surface area contributed by atoms with Crippen molar-refractivity contribution in [2.75, 3.05) is 30.7 Å². The van der Waals surface area contributed by atoms with E-state index in [9.17, 15) is 9.59 Å². The van der Waals surface area contributed by atoms with Gasteiger partial charge in [0.05, 0.1) is 29.8 Å². The highest BCUT2D eigenvalue weighted by Gasteiger charge is 2.47. The normalized spacial score (nSPS) is 19.6. The van der Waals surface area contributed by atoms with E-state index >= 15 is 0 Å². The molecule has 3 N–H and O–H groups in total. The fourth-order valence-electron chi connectivity index (χ4n) is 4.33. The number of amides is 2. The maximum Gasteiger partial charge on any atom is 0.314 e. The van der Waals surface area contributed by atoms with E-state index < -0.39 is 11.8 Å². The third-order valence-corrected chi connectivity index (χ3v) is 8.27. The lowest BCUT2D eigenvalue weighted by atomic mass is 10.1. The molecule has 1 aromatic carbocycles. The summed E-state index contributed by atoms with van der Waals surface area (Å²) in [4.78, 5) is 33.6. The monoisotopic (exact) mass is 593 g/mol. The third-order valence-electron chi connectivity index (χ3n) is 6.40. The zero-order chi connectivity index (χ0) is 24.3. The van der Waals surface area contributed by atoms with Gasteiger partial charge < -0.3 is 16.0 Å². The second-order valence-electron chi connectivity index (χ2n) is 8.86. The Hall–Kier alpha value is -2.30. The van der Waals surface area contributed by atoms with Crippen LogP contribution in [-0.4, -0.2) is 67.4 Å². The summed E-state index contributed by atoms with van der Waals surface area (Å²) < 4.78 is 1.74. The molecule has 9 nitrogen and oxygen atoms in total. The Bertz CT molecular complexity index is 1140. The first-order valence-electron chi connectivity index (χ1n) is 11.2. The van der Waals surface area contributed by atoms with Crippen LogP contribution in [0.3, 0.4) is 0 Å². The van der Waals surface area contributed by atoms with Gasteiger partial charge in [0.2, 0.25) is 0 Å². The van der Waals surface area contributed by atoms with Gasteiger partial charge in [0.25, 0.3) is 0 Å². The quantitative estimate of drug-likeness (QED) is 0.274. The number of aromatic nitrogens is 3. The predicted octanol–water partition coefficient (Wildman–Crippen LogP) is 3.52. The molecule has 2 amide bonds. The van der Waals surface area contributed by atoms with Crippen LogP contribution < -0.4 is 11.1 Å². The molecular weight excluding hydrogens is 564 g/mol. The van der Waals surface area contributed by atoms with Crippen molar-refractivity contribution in [3.05, 3.63) is 48.8 Å². The van der Waals surface area contributed by atoms with Crippen LogP contribution in [0.15, 0.2) is 48.8 Å². The van der Waals surface area contributed by atoms with Crippen molar-refractivity contribution < 1.29 is 9.59 Å². The molecule has 2 aromatic heterocycles. The van der Waals surface area contributed by atoms with Gasteiger partial charge in [-0.3, -0.25) is 14.5 Å². The van der Waals surface area contributed by atoms with E-state index in [4.69, 9.17) is 5.73 Å². The molecule has 1 saturated carbocycles. The molecule has 2 aliphatic rings. The van der Waals surface area contributed by atoms with Crippen LogP contribution in [0.2, 0.25) is 0 Å². The van der Waals surface area contributed by atoms with Crippen molar-refractivity contribution in [3.63, 3.8) is 0 Å². The number of piperazine rings is 1. The third kappa shape index (κ3) is 5.34. The molecule has 3 heterocycles. The minimum atomic E-state index is -0.657. The van der Waals surface area contributed by atoms with E-state index in [-0.39, 0.29) is 11.6 Å². The summed E-state index contributed by atoms with van der Waals surface area (Å²) in [5.41, 5.74) is 7.31. The van der Waals surface area contributed by atoms with E-state index in [0.717, 1.165) is 6.54 Å². The van der Waals surface area contributed by atoms with E-state index in [1.165, 1.54) is 19.0 Å². The number of fused-ring (bicyclic) bond motifs is 1. The van der Waals surface area contributed by atoms with Gasteiger partial charge in [-0.15, -0.1) is 0 Å². The molecule has 1 aliphatic heterocycles. The van der Waals surface area contributed by atoms with E-state index in [1.807, 2.05) is 36.4 Å². The molecule has 11 heteroatoms. The zero-order valence-electron chi connectivity index (χ0n) is 19.2. The molecule has 2 fully saturated rings. The number of benzene rings is 1. The first-order valence-corrected chi connectivity index (χ1v) is 15.3. The highest BCUT2D eigenvalue weighted by Crippen LogP contribution is 2.43. The predicted molar refractivity (Wildman–Crippen MR) is 145 cm³/mol. The molecular formula is C23H29IN7O2P. The average Bonchev–Trinajstić information content (AvgIpc) is 3.44. The van der Waals surface area contributed by atoms with Crippen molar-refractivity contribution in [1.82, 2.24) is 24.3 Å². The first-order chi connectivity index (χ1) is 16.3. The topological polar surface area (TPSA) is 109 Å². The molecule has 5 rings (SSSR count). The molecule has 34 heavy (non-hydrogen) atoms. The van der Waals surface area contributed by atoms with Gasteiger partial charge in [0, 0.05) is 31.2 Å². The number of halogens is 1. The Labute approximate surface area is 213 Å². The summed E-state index contributed by atoms with van der Waals surface area (Å²) in [5.74, 6) is -0.824. The van der Waals surface area contributed by atoms with Gasteiger partial charge in [-0.25, -0.2) is 9.44 Å². The molecule has 2 unspecified atom stereocenters. The highest BCUT2D eigenvalue weighted by atomic mass is 127. The van der Waals surface area contributed by atoms with Crippen molar-refractivity contribution >= 4 is 62.6 Å². The average molecular weight is 593 g/mol. The minimum Gasteiger partial charge on any atom is -0.383 e. The van der Waals surface area contributed by atoms with Gasteiger partial charge >= 0.3 is 11.8 Å². The number of nitrogen functional groups attached to an aromatic ring is 1. The van der Waals surface area contributed by atoms with Crippen molar-refractivity contribution in [2.45, 2.75) is 38.3 Å². The smallest absolute Gasteiger partial charge is 0.314 e. The van der Waals surface area contributed by atoms with Crippen LogP contribution >= 0.6 is 28.4 Å². The molecule has 0 bridgehead atoms. The lowest BCUT2D eigenvalue weighted by Crippen LogP contribution is -2.58. The zero-order valence-corrected chi connectivity index (χ0v) is 22.4. The van der Waals surface area contributed by atoms with Crippen LogP contribution in [0.4, 0.5) is 11.5 Å². The lowest BCUT2D eigenvalue weighted by molar-refractivity contribution is -0.145. The second-order valence-corrected chi connectivity index (χ2v) is 10.9. The highest BCUT2D eigenvalue weighted by molar-refractivity contribution is 14.2. The lowest BCUT2D eigenvalue weighted by Gasteiger charge is -2.43. The maximum atomic E-state index is 12.7. The Morgan fingerprint density at radius 1 is 1.15 bits per heavy atom. The van der Waals surface area contributed by atoms with E-state index in [2.05, 4.69) is 56.2 Å². The maximum absolute atomic E-state index is 12.7. The molecule has 3 aromatic rings. The van der Waals surface area contributed by atoms with Gasteiger partial charge in [0.1, 0.15) is 11.3 Å². The molecule has 0 radical (unpaired) electrons. The summed E-state index contributed by atoms with van der Waals surface area (Å²) in [6, 6.07) is 12.2. The number of nitrogens with two attached hydrogens (primary N) is 1. The number of nitrogens with zero attached hydrogens (tertiary/aromatic N) is 5. The van der Waals surface area contributed by atoms with Crippen molar-refractivity contribution in [2.24, 2.45) is 0 Å².